The Balaban J connectivity index is 1.43. The van der Waals surface area contributed by atoms with E-state index in [0.717, 1.165) is 54.6 Å². The highest BCUT2D eigenvalue weighted by atomic mass is 15.3. The van der Waals surface area contributed by atoms with Crippen LogP contribution in [-0.2, 0) is 12.8 Å². The molecule has 1 fully saturated rings. The molecule has 2 heterocycles. The van der Waals surface area contributed by atoms with E-state index in [1.165, 1.54) is 11.1 Å². The number of piperazine rings is 1. The summed E-state index contributed by atoms with van der Waals surface area (Å²) >= 11 is 0. The van der Waals surface area contributed by atoms with Crippen molar-refractivity contribution in [1.82, 2.24) is 20.4 Å². The lowest BCUT2D eigenvalue weighted by atomic mass is 9.82. The van der Waals surface area contributed by atoms with E-state index in [2.05, 4.69) is 81.1 Å². The Morgan fingerprint density at radius 2 is 1.69 bits per heavy atom. The fraction of sp³-hybridized carbons (Fsp3) is 0.241. The summed E-state index contributed by atoms with van der Waals surface area (Å²) in [6.45, 7) is 4.38. The van der Waals surface area contributed by atoms with Crippen molar-refractivity contribution in [3.63, 3.8) is 0 Å². The number of fused-ring (bicyclic) bond motifs is 1. The SMILES string of the molecule is Cc1[nH]nc2ccc(/C(N)=N/C(=C\N)N3CCNC(Cc4ccccc4)(Cc4ccccc4)C3)cc12. The number of hydrogen-bond donors (Lipinski definition) is 4. The molecule has 1 aliphatic heterocycles. The normalized spacial score (nSPS) is 16.4. The van der Waals surface area contributed by atoms with Gasteiger partial charge in [-0.2, -0.15) is 5.10 Å². The van der Waals surface area contributed by atoms with Gasteiger partial charge in [0.05, 0.1) is 5.52 Å². The number of aromatic amines is 1. The van der Waals surface area contributed by atoms with E-state index in [4.69, 9.17) is 16.5 Å². The zero-order valence-corrected chi connectivity index (χ0v) is 20.6. The van der Waals surface area contributed by atoms with Crippen LogP contribution in [0.15, 0.2) is 95.9 Å². The largest absolute Gasteiger partial charge is 0.402 e. The van der Waals surface area contributed by atoms with E-state index in [1.807, 2.05) is 25.1 Å². The molecule has 0 spiro atoms. The molecule has 36 heavy (non-hydrogen) atoms. The molecule has 1 aromatic heterocycles. The Bertz CT molecular complexity index is 1330. The lowest BCUT2D eigenvalue weighted by Crippen LogP contribution is -2.62. The van der Waals surface area contributed by atoms with Gasteiger partial charge in [-0.15, -0.1) is 0 Å². The molecule has 184 valence electrons. The fourth-order valence-corrected chi connectivity index (χ4v) is 5.12. The average Bonchev–Trinajstić information content (AvgIpc) is 3.28. The molecule has 5 rings (SSSR count). The maximum absolute atomic E-state index is 6.48. The van der Waals surface area contributed by atoms with E-state index < -0.39 is 0 Å². The van der Waals surface area contributed by atoms with Crippen LogP contribution >= 0.6 is 0 Å². The molecule has 1 aliphatic rings. The summed E-state index contributed by atoms with van der Waals surface area (Å²) in [5.74, 6) is 1.12. The summed E-state index contributed by atoms with van der Waals surface area (Å²) in [6, 6.07) is 27.2. The van der Waals surface area contributed by atoms with E-state index >= 15 is 0 Å². The molecule has 1 saturated heterocycles. The minimum Gasteiger partial charge on any atom is -0.402 e. The van der Waals surface area contributed by atoms with Crippen LogP contribution in [0.3, 0.4) is 0 Å². The quantitative estimate of drug-likeness (QED) is 0.240. The molecule has 0 aliphatic carbocycles. The molecule has 7 nitrogen and oxygen atoms in total. The van der Waals surface area contributed by atoms with Gasteiger partial charge in [0, 0.05) is 48.0 Å². The van der Waals surface area contributed by atoms with Gasteiger partial charge in [0.15, 0.2) is 0 Å². The highest BCUT2D eigenvalue weighted by Crippen LogP contribution is 2.26. The van der Waals surface area contributed by atoms with E-state index in [0.29, 0.717) is 11.7 Å². The number of nitrogens with two attached hydrogens (primary N) is 2. The molecule has 4 aromatic rings. The maximum atomic E-state index is 6.48. The third-order valence-electron chi connectivity index (χ3n) is 6.89. The first-order valence-electron chi connectivity index (χ1n) is 12.3. The van der Waals surface area contributed by atoms with Gasteiger partial charge in [0.2, 0.25) is 0 Å². The standard InChI is InChI=1S/C29H33N7/c1-21-25-16-24(12-13-26(25)35-34-21)28(31)33-27(19-30)36-15-14-32-29(20-36,17-22-8-4-2-5-9-22)18-23-10-6-3-7-11-23/h2-13,16,19,32H,14-15,17-18,20,30H2,1H3,(H2,31,33)(H,34,35)/b27-19+. The molecular weight excluding hydrogens is 446 g/mol. The molecule has 6 N–H and O–H groups in total. The third kappa shape index (κ3) is 5.11. The van der Waals surface area contributed by atoms with Crippen molar-refractivity contribution >= 4 is 16.7 Å². The van der Waals surface area contributed by atoms with Crippen molar-refractivity contribution in [1.29, 1.82) is 0 Å². The van der Waals surface area contributed by atoms with Gasteiger partial charge in [0.1, 0.15) is 11.7 Å². The molecule has 0 atom stereocenters. The monoisotopic (exact) mass is 479 g/mol. The lowest BCUT2D eigenvalue weighted by molar-refractivity contribution is 0.159. The minimum absolute atomic E-state index is 0.174. The fourth-order valence-electron chi connectivity index (χ4n) is 5.12. The second-order valence-corrected chi connectivity index (χ2v) is 9.56. The number of amidine groups is 1. The van der Waals surface area contributed by atoms with Crippen LogP contribution in [-0.4, -0.2) is 46.1 Å². The van der Waals surface area contributed by atoms with Crippen LogP contribution in [0.4, 0.5) is 0 Å². The molecule has 0 amide bonds. The van der Waals surface area contributed by atoms with Crippen molar-refractivity contribution in [3.05, 3.63) is 113 Å². The predicted octanol–water partition coefficient (Wildman–Crippen LogP) is 3.46. The second kappa shape index (κ2) is 10.3. The first kappa shape index (κ1) is 23.6. The van der Waals surface area contributed by atoms with Crippen LogP contribution < -0.4 is 16.8 Å². The number of aryl methyl sites for hydroxylation is 1. The molecule has 0 bridgehead atoms. The first-order valence-corrected chi connectivity index (χ1v) is 12.3. The zero-order valence-electron chi connectivity index (χ0n) is 20.6. The molecule has 3 aromatic carbocycles. The summed E-state index contributed by atoms with van der Waals surface area (Å²) in [5, 5.41) is 12.2. The number of benzene rings is 3. The van der Waals surface area contributed by atoms with Crippen LogP contribution in [0.25, 0.3) is 10.9 Å². The smallest absolute Gasteiger partial charge is 0.146 e. The van der Waals surface area contributed by atoms with Gasteiger partial charge in [-0.05, 0) is 49.1 Å². The first-order chi connectivity index (χ1) is 17.5. The van der Waals surface area contributed by atoms with Crippen molar-refractivity contribution in [3.8, 4) is 0 Å². The average molecular weight is 480 g/mol. The van der Waals surface area contributed by atoms with E-state index in [1.54, 1.807) is 6.20 Å². The van der Waals surface area contributed by atoms with Gasteiger partial charge >= 0.3 is 0 Å². The molecule has 0 unspecified atom stereocenters. The number of aromatic nitrogens is 2. The van der Waals surface area contributed by atoms with Gasteiger partial charge in [-0.25, -0.2) is 4.99 Å². The highest BCUT2D eigenvalue weighted by molar-refractivity contribution is 6.01. The van der Waals surface area contributed by atoms with Crippen molar-refractivity contribution in [2.24, 2.45) is 16.5 Å². The van der Waals surface area contributed by atoms with Gasteiger partial charge in [-0.1, -0.05) is 60.7 Å². The molecule has 0 radical (unpaired) electrons. The highest BCUT2D eigenvalue weighted by Gasteiger charge is 2.36. The number of nitrogens with one attached hydrogen (secondary N) is 2. The molecule has 7 heteroatoms. The van der Waals surface area contributed by atoms with Crippen molar-refractivity contribution < 1.29 is 0 Å². The van der Waals surface area contributed by atoms with Crippen LogP contribution in [0.2, 0.25) is 0 Å². The number of aliphatic imine (C=N–C) groups is 1. The van der Waals surface area contributed by atoms with Crippen LogP contribution in [0.5, 0.6) is 0 Å². The van der Waals surface area contributed by atoms with E-state index in [-0.39, 0.29) is 5.54 Å². The predicted molar refractivity (Wildman–Crippen MR) is 146 cm³/mol. The summed E-state index contributed by atoms with van der Waals surface area (Å²) in [7, 11) is 0. The van der Waals surface area contributed by atoms with Crippen LogP contribution in [0.1, 0.15) is 22.4 Å². The number of hydrogen-bond acceptors (Lipinski definition) is 5. The third-order valence-corrected chi connectivity index (χ3v) is 6.89. The van der Waals surface area contributed by atoms with Gasteiger partial charge in [-0.3, -0.25) is 5.10 Å². The number of rotatable bonds is 7. The summed E-state index contributed by atoms with van der Waals surface area (Å²) in [6.07, 6.45) is 3.36. The Kier molecular flexibility index (Phi) is 6.73. The molecular formula is C29H33N7. The Labute approximate surface area is 211 Å². The lowest BCUT2D eigenvalue weighted by Gasteiger charge is -2.45. The number of H-pyrrole nitrogens is 1. The second-order valence-electron chi connectivity index (χ2n) is 9.56. The number of nitrogens with zero attached hydrogens (tertiary/aromatic N) is 3. The van der Waals surface area contributed by atoms with Gasteiger partial charge < -0.3 is 21.7 Å². The maximum Gasteiger partial charge on any atom is 0.146 e. The zero-order chi connectivity index (χ0) is 25.0. The Morgan fingerprint density at radius 3 is 2.33 bits per heavy atom. The summed E-state index contributed by atoms with van der Waals surface area (Å²) in [4.78, 5) is 7.03. The van der Waals surface area contributed by atoms with E-state index in [9.17, 15) is 0 Å². The topological polar surface area (TPSA) is 108 Å². The van der Waals surface area contributed by atoms with Crippen molar-refractivity contribution in [2.75, 3.05) is 19.6 Å². The Morgan fingerprint density at radius 1 is 1.03 bits per heavy atom. The van der Waals surface area contributed by atoms with Gasteiger partial charge in [0.25, 0.3) is 0 Å². The van der Waals surface area contributed by atoms with Crippen LogP contribution in [0, 0.1) is 6.92 Å². The summed E-state index contributed by atoms with van der Waals surface area (Å²) in [5.41, 5.74) is 17.8. The van der Waals surface area contributed by atoms with Crippen molar-refractivity contribution in [2.45, 2.75) is 25.3 Å². The minimum atomic E-state index is -0.174. The Hall–Kier alpha value is -4.10. The molecule has 0 saturated carbocycles. The summed E-state index contributed by atoms with van der Waals surface area (Å²) < 4.78 is 0.